The van der Waals surface area contributed by atoms with E-state index in [0.717, 1.165) is 11.2 Å². The molecular weight excluding hydrogens is 280 g/mol. The number of carbonyl (C=O) groups is 1. The summed E-state index contributed by atoms with van der Waals surface area (Å²) in [5, 5.41) is 10.5. The molecule has 1 aromatic carbocycles. The molecule has 0 aliphatic carbocycles. The Balaban J connectivity index is 2.14. The molecule has 22 heavy (non-hydrogen) atoms. The fraction of sp³-hybridized carbons (Fsp3) is 0.176. The number of pyridine rings is 1. The highest BCUT2D eigenvalue weighted by molar-refractivity contribution is 5.90. The van der Waals surface area contributed by atoms with Gasteiger partial charge in [-0.3, -0.25) is 0 Å². The zero-order chi connectivity index (χ0) is 15.5. The van der Waals surface area contributed by atoms with E-state index in [2.05, 4.69) is 0 Å². The molecule has 0 radical (unpaired) electrons. The van der Waals surface area contributed by atoms with Gasteiger partial charge >= 0.3 is 17.5 Å². The van der Waals surface area contributed by atoms with Crippen molar-refractivity contribution in [3.8, 4) is 5.88 Å². The molecule has 0 bridgehead atoms. The second-order valence-corrected chi connectivity index (χ2v) is 4.89. The first-order valence-corrected chi connectivity index (χ1v) is 7.15. The van der Waals surface area contributed by atoms with Gasteiger partial charge < -0.3 is 9.84 Å². The van der Waals surface area contributed by atoms with Crippen LogP contribution in [0.15, 0.2) is 54.7 Å². The smallest absolute Gasteiger partial charge is 0.387 e. The van der Waals surface area contributed by atoms with Crippen molar-refractivity contribution in [2.24, 2.45) is 0 Å². The summed E-state index contributed by atoms with van der Waals surface area (Å²) in [5.74, 6) is -0.624. The molecule has 0 saturated heterocycles. The molecule has 0 unspecified atom stereocenters. The Hall–Kier alpha value is -2.82. The summed E-state index contributed by atoms with van der Waals surface area (Å²) in [7, 11) is 0. The monoisotopic (exact) mass is 297 g/mol. The van der Waals surface area contributed by atoms with Gasteiger partial charge in [0.05, 0.1) is 12.8 Å². The van der Waals surface area contributed by atoms with Crippen LogP contribution in [0.2, 0.25) is 0 Å². The van der Waals surface area contributed by atoms with Crippen LogP contribution in [-0.4, -0.2) is 22.1 Å². The lowest BCUT2D eigenvalue weighted by Crippen LogP contribution is -2.33. The van der Waals surface area contributed by atoms with Crippen LogP contribution < -0.4 is 4.57 Å². The normalized spacial score (nSPS) is 10.8. The molecule has 0 saturated carbocycles. The topological polar surface area (TPSA) is 54.8 Å². The first kappa shape index (κ1) is 14.1. The maximum absolute atomic E-state index is 12.1. The number of fused-ring (bicyclic) bond motifs is 1. The van der Waals surface area contributed by atoms with Gasteiger partial charge in [-0.25, -0.2) is 4.79 Å². The number of rotatable bonds is 4. The fourth-order valence-corrected chi connectivity index (χ4v) is 2.50. The van der Waals surface area contributed by atoms with Gasteiger partial charge in [-0.1, -0.05) is 36.4 Å². The third kappa shape index (κ3) is 2.41. The van der Waals surface area contributed by atoms with Crippen LogP contribution in [-0.2, 0) is 11.3 Å². The average Bonchev–Trinajstić information content (AvgIpc) is 2.81. The number of hydrogen-bond donors (Lipinski definition) is 1. The van der Waals surface area contributed by atoms with Crippen LogP contribution >= 0.6 is 0 Å². The number of aromatic nitrogens is 2. The lowest BCUT2D eigenvalue weighted by atomic mass is 10.2. The summed E-state index contributed by atoms with van der Waals surface area (Å²) in [4.78, 5) is 12.1. The van der Waals surface area contributed by atoms with Crippen molar-refractivity contribution in [2.75, 3.05) is 6.61 Å². The molecule has 0 fully saturated rings. The molecule has 112 valence electrons. The van der Waals surface area contributed by atoms with Gasteiger partial charge in [-0.15, -0.1) is 0 Å². The van der Waals surface area contributed by atoms with Gasteiger partial charge in [0.1, 0.15) is 6.54 Å². The van der Waals surface area contributed by atoms with E-state index in [1.54, 1.807) is 22.1 Å². The minimum Gasteiger partial charge on any atom is -0.474 e. The third-order valence-corrected chi connectivity index (χ3v) is 3.48. The first-order valence-electron chi connectivity index (χ1n) is 7.15. The van der Waals surface area contributed by atoms with Crippen molar-refractivity contribution in [3.05, 3.63) is 66.0 Å². The van der Waals surface area contributed by atoms with E-state index in [1.807, 2.05) is 48.5 Å². The fourth-order valence-electron chi connectivity index (χ4n) is 2.50. The first-order chi connectivity index (χ1) is 10.7. The highest BCUT2D eigenvalue weighted by Crippen LogP contribution is 2.18. The van der Waals surface area contributed by atoms with Gasteiger partial charge in [0.2, 0.25) is 0 Å². The van der Waals surface area contributed by atoms with E-state index in [-0.39, 0.29) is 18.2 Å². The number of ether oxygens (including phenoxy) is 1. The number of imidazole rings is 1. The molecule has 2 heterocycles. The van der Waals surface area contributed by atoms with Gasteiger partial charge in [0.25, 0.3) is 5.65 Å². The van der Waals surface area contributed by atoms with E-state index in [4.69, 9.17) is 4.74 Å². The van der Waals surface area contributed by atoms with Gasteiger partial charge in [-0.05, 0) is 18.6 Å². The van der Waals surface area contributed by atoms with Crippen LogP contribution in [0.1, 0.15) is 23.0 Å². The minimum atomic E-state index is -0.534. The largest absolute Gasteiger partial charge is 0.474 e. The number of nitrogens with zero attached hydrogens (tertiary/aromatic N) is 2. The standard InChI is InChI=1S/C17H16N2O3/c1-2-22-17(21)15-16(20)19(12-13-8-4-3-5-9-13)14-10-6-7-11-18(14)15/h3-11H,2,12H2,1H3/p+1. The molecule has 5 nitrogen and oxygen atoms in total. The SMILES string of the molecule is CCOC(=O)c1c(O)[n+](Cc2ccccc2)c2ccccn12. The molecule has 3 aromatic rings. The summed E-state index contributed by atoms with van der Waals surface area (Å²) < 4.78 is 8.39. The Morgan fingerprint density at radius 1 is 1.18 bits per heavy atom. The predicted octanol–water partition coefficient (Wildman–Crippen LogP) is 2.16. The van der Waals surface area contributed by atoms with E-state index < -0.39 is 5.97 Å². The van der Waals surface area contributed by atoms with Crippen LogP contribution in [0.25, 0.3) is 5.65 Å². The summed E-state index contributed by atoms with van der Waals surface area (Å²) in [5.41, 5.74) is 1.91. The zero-order valence-electron chi connectivity index (χ0n) is 12.3. The number of aromatic hydroxyl groups is 1. The van der Waals surface area contributed by atoms with E-state index >= 15 is 0 Å². The summed E-state index contributed by atoms with van der Waals surface area (Å²) in [6, 6.07) is 15.3. The van der Waals surface area contributed by atoms with Crippen molar-refractivity contribution < 1.29 is 19.2 Å². The Kier molecular flexibility index (Phi) is 3.78. The molecule has 0 aliphatic rings. The number of hydrogen-bond acceptors (Lipinski definition) is 3. The molecule has 5 heteroatoms. The highest BCUT2D eigenvalue weighted by Gasteiger charge is 2.31. The molecule has 0 amide bonds. The van der Waals surface area contributed by atoms with E-state index in [1.165, 1.54) is 0 Å². The summed E-state index contributed by atoms with van der Waals surface area (Å²) >= 11 is 0. The molecule has 0 atom stereocenters. The molecule has 0 aliphatic heterocycles. The number of carbonyl (C=O) groups excluding carboxylic acids is 1. The van der Waals surface area contributed by atoms with Crippen molar-refractivity contribution in [2.45, 2.75) is 13.5 Å². The molecule has 3 rings (SSSR count). The Labute approximate surface area is 128 Å². The third-order valence-electron chi connectivity index (χ3n) is 3.48. The van der Waals surface area contributed by atoms with Crippen LogP contribution in [0.5, 0.6) is 5.88 Å². The maximum Gasteiger partial charge on any atom is 0.387 e. The summed E-state index contributed by atoms with van der Waals surface area (Å²) in [6.07, 6.45) is 1.74. The van der Waals surface area contributed by atoms with Crippen molar-refractivity contribution in [1.29, 1.82) is 0 Å². The molecule has 1 N–H and O–H groups in total. The molecule has 2 aromatic heterocycles. The molecular formula is C17H17N2O3+. The Bertz CT molecular complexity index is 809. The second-order valence-electron chi connectivity index (χ2n) is 4.89. The number of benzene rings is 1. The lowest BCUT2D eigenvalue weighted by molar-refractivity contribution is -0.668. The maximum atomic E-state index is 12.1. The Morgan fingerprint density at radius 3 is 2.64 bits per heavy atom. The van der Waals surface area contributed by atoms with Crippen molar-refractivity contribution in [1.82, 2.24) is 4.40 Å². The number of esters is 1. The molecule has 0 spiro atoms. The quantitative estimate of drug-likeness (QED) is 0.593. The van der Waals surface area contributed by atoms with Gasteiger partial charge in [-0.2, -0.15) is 8.97 Å². The summed E-state index contributed by atoms with van der Waals surface area (Å²) in [6.45, 7) is 2.47. The van der Waals surface area contributed by atoms with Crippen LogP contribution in [0.4, 0.5) is 0 Å². The highest BCUT2D eigenvalue weighted by atomic mass is 16.5. The Morgan fingerprint density at radius 2 is 1.91 bits per heavy atom. The van der Waals surface area contributed by atoms with E-state index in [9.17, 15) is 9.90 Å². The van der Waals surface area contributed by atoms with Crippen molar-refractivity contribution >= 4 is 11.6 Å². The van der Waals surface area contributed by atoms with Gasteiger partial charge in [0, 0.05) is 6.07 Å². The van der Waals surface area contributed by atoms with Crippen LogP contribution in [0.3, 0.4) is 0 Å². The van der Waals surface area contributed by atoms with Gasteiger partial charge in [0.15, 0.2) is 0 Å². The lowest BCUT2D eigenvalue weighted by Gasteiger charge is -1.99. The average molecular weight is 297 g/mol. The van der Waals surface area contributed by atoms with Crippen molar-refractivity contribution in [3.63, 3.8) is 0 Å². The second kappa shape index (κ2) is 5.89. The van der Waals surface area contributed by atoms with E-state index in [0.29, 0.717) is 6.54 Å². The zero-order valence-corrected chi connectivity index (χ0v) is 12.3. The van der Waals surface area contributed by atoms with Crippen LogP contribution in [0, 0.1) is 0 Å². The predicted molar refractivity (Wildman–Crippen MR) is 80.8 cm³/mol. The minimum absolute atomic E-state index is 0.0893.